The molecular weight excluding hydrogens is 258 g/mol. The minimum atomic E-state index is 1.06. The van der Waals surface area contributed by atoms with E-state index in [1.807, 2.05) is 0 Å². The first-order valence-corrected chi connectivity index (χ1v) is 7.68. The first-order valence-electron chi connectivity index (χ1n) is 7.68. The highest BCUT2D eigenvalue weighted by Gasteiger charge is 2.18. The molecule has 0 saturated carbocycles. The van der Waals surface area contributed by atoms with Crippen molar-refractivity contribution in [2.75, 3.05) is 31.1 Å². The lowest BCUT2D eigenvalue weighted by Crippen LogP contribution is -2.46. The van der Waals surface area contributed by atoms with E-state index in [0.717, 1.165) is 44.1 Å². The molecule has 3 rings (SSSR count). The molecule has 0 atom stereocenters. The van der Waals surface area contributed by atoms with Gasteiger partial charge in [-0.2, -0.15) is 0 Å². The number of nitrogens with zero attached hydrogens (tertiary/aromatic N) is 3. The Kier molecular flexibility index (Phi) is 4.20. The average molecular weight is 281 g/mol. The SMILES string of the molecule is Cc1ccc(N2CCN(Cc3ccccc3)CC2)c(C)n1. The molecule has 1 aromatic carbocycles. The van der Waals surface area contributed by atoms with Crippen LogP contribution in [0.25, 0.3) is 0 Å². The van der Waals surface area contributed by atoms with Crippen molar-refractivity contribution in [2.45, 2.75) is 20.4 Å². The van der Waals surface area contributed by atoms with Crippen LogP contribution in [0.15, 0.2) is 42.5 Å². The topological polar surface area (TPSA) is 19.4 Å². The van der Waals surface area contributed by atoms with Crippen LogP contribution >= 0.6 is 0 Å². The Balaban J connectivity index is 1.60. The highest BCUT2D eigenvalue weighted by Crippen LogP contribution is 2.20. The van der Waals surface area contributed by atoms with Crippen LogP contribution in [0.5, 0.6) is 0 Å². The van der Waals surface area contributed by atoms with Crippen LogP contribution in [-0.2, 0) is 6.54 Å². The van der Waals surface area contributed by atoms with Gasteiger partial charge in [-0.05, 0) is 31.5 Å². The van der Waals surface area contributed by atoms with Crippen LogP contribution in [0.2, 0.25) is 0 Å². The molecule has 0 radical (unpaired) electrons. The predicted molar refractivity (Wildman–Crippen MR) is 87.6 cm³/mol. The minimum absolute atomic E-state index is 1.06. The summed E-state index contributed by atoms with van der Waals surface area (Å²) in [6.07, 6.45) is 0. The van der Waals surface area contributed by atoms with E-state index in [9.17, 15) is 0 Å². The lowest BCUT2D eigenvalue weighted by Gasteiger charge is -2.36. The molecule has 3 nitrogen and oxygen atoms in total. The van der Waals surface area contributed by atoms with Crippen LogP contribution in [-0.4, -0.2) is 36.1 Å². The molecule has 1 aromatic heterocycles. The second-order valence-corrected chi connectivity index (χ2v) is 5.81. The normalized spacial score (nSPS) is 16.2. The van der Waals surface area contributed by atoms with Gasteiger partial charge < -0.3 is 4.90 Å². The fourth-order valence-electron chi connectivity index (χ4n) is 3.00. The molecule has 0 amide bonds. The summed E-state index contributed by atoms with van der Waals surface area (Å²) in [6.45, 7) is 9.61. The zero-order valence-corrected chi connectivity index (χ0v) is 12.9. The molecule has 1 saturated heterocycles. The van der Waals surface area contributed by atoms with Gasteiger partial charge in [-0.15, -0.1) is 0 Å². The van der Waals surface area contributed by atoms with Gasteiger partial charge in [-0.25, -0.2) is 0 Å². The van der Waals surface area contributed by atoms with E-state index in [1.54, 1.807) is 0 Å². The standard InChI is InChI=1S/C18H23N3/c1-15-8-9-18(16(2)19-15)21-12-10-20(11-13-21)14-17-6-4-3-5-7-17/h3-9H,10-14H2,1-2H3. The van der Waals surface area contributed by atoms with Crippen molar-refractivity contribution >= 4 is 5.69 Å². The fourth-order valence-corrected chi connectivity index (χ4v) is 3.00. The Morgan fingerprint density at radius 2 is 1.62 bits per heavy atom. The zero-order chi connectivity index (χ0) is 14.7. The number of rotatable bonds is 3. The maximum atomic E-state index is 4.58. The number of aromatic nitrogens is 1. The van der Waals surface area contributed by atoms with Gasteiger partial charge in [0.15, 0.2) is 0 Å². The molecule has 3 heteroatoms. The summed E-state index contributed by atoms with van der Waals surface area (Å²) in [7, 11) is 0. The molecule has 0 bridgehead atoms. The third-order valence-electron chi connectivity index (χ3n) is 4.16. The van der Waals surface area contributed by atoms with Crippen molar-refractivity contribution < 1.29 is 0 Å². The Labute approximate surface area is 127 Å². The molecule has 0 N–H and O–H groups in total. The number of benzene rings is 1. The van der Waals surface area contributed by atoms with E-state index < -0.39 is 0 Å². The van der Waals surface area contributed by atoms with Crippen molar-refractivity contribution in [1.29, 1.82) is 0 Å². The summed E-state index contributed by atoms with van der Waals surface area (Å²) in [5.41, 5.74) is 4.93. The van der Waals surface area contributed by atoms with E-state index in [4.69, 9.17) is 0 Å². The lowest BCUT2D eigenvalue weighted by molar-refractivity contribution is 0.249. The summed E-state index contributed by atoms with van der Waals surface area (Å²) in [5, 5.41) is 0. The predicted octanol–water partition coefficient (Wildman–Crippen LogP) is 3.02. The van der Waals surface area contributed by atoms with E-state index in [0.29, 0.717) is 0 Å². The van der Waals surface area contributed by atoms with Crippen molar-refractivity contribution in [1.82, 2.24) is 9.88 Å². The Morgan fingerprint density at radius 3 is 2.29 bits per heavy atom. The van der Waals surface area contributed by atoms with Crippen molar-refractivity contribution in [3.05, 3.63) is 59.4 Å². The Bertz CT molecular complexity index is 587. The van der Waals surface area contributed by atoms with Gasteiger partial charge in [-0.3, -0.25) is 9.88 Å². The second kappa shape index (κ2) is 6.27. The van der Waals surface area contributed by atoms with Gasteiger partial charge in [0.05, 0.1) is 11.4 Å². The van der Waals surface area contributed by atoms with Crippen LogP contribution in [0.1, 0.15) is 17.0 Å². The molecule has 0 spiro atoms. The number of aryl methyl sites for hydroxylation is 2. The third kappa shape index (κ3) is 3.42. The van der Waals surface area contributed by atoms with E-state index in [-0.39, 0.29) is 0 Å². The highest BCUT2D eigenvalue weighted by molar-refractivity contribution is 5.51. The number of anilines is 1. The van der Waals surface area contributed by atoms with Gasteiger partial charge in [0.25, 0.3) is 0 Å². The maximum absolute atomic E-state index is 4.58. The fraction of sp³-hybridized carbons (Fsp3) is 0.389. The molecule has 1 fully saturated rings. The van der Waals surface area contributed by atoms with Crippen LogP contribution < -0.4 is 4.90 Å². The molecule has 1 aliphatic heterocycles. The molecular formula is C18H23N3. The van der Waals surface area contributed by atoms with Crippen molar-refractivity contribution in [3.63, 3.8) is 0 Å². The monoisotopic (exact) mass is 281 g/mol. The van der Waals surface area contributed by atoms with E-state index >= 15 is 0 Å². The van der Waals surface area contributed by atoms with Crippen LogP contribution in [0, 0.1) is 13.8 Å². The Hall–Kier alpha value is -1.87. The number of hydrogen-bond acceptors (Lipinski definition) is 3. The van der Waals surface area contributed by atoms with Gasteiger partial charge in [0.1, 0.15) is 0 Å². The summed E-state index contributed by atoms with van der Waals surface area (Å²) in [5.74, 6) is 0. The van der Waals surface area contributed by atoms with Gasteiger partial charge >= 0.3 is 0 Å². The van der Waals surface area contributed by atoms with Crippen molar-refractivity contribution in [2.24, 2.45) is 0 Å². The lowest BCUT2D eigenvalue weighted by atomic mass is 10.2. The third-order valence-corrected chi connectivity index (χ3v) is 4.16. The summed E-state index contributed by atoms with van der Waals surface area (Å²) < 4.78 is 0. The smallest absolute Gasteiger partial charge is 0.0608 e. The van der Waals surface area contributed by atoms with Gasteiger partial charge in [-0.1, -0.05) is 30.3 Å². The van der Waals surface area contributed by atoms with Gasteiger partial charge in [0.2, 0.25) is 0 Å². The quantitative estimate of drug-likeness (QED) is 0.862. The molecule has 21 heavy (non-hydrogen) atoms. The summed E-state index contributed by atoms with van der Waals surface area (Å²) in [6, 6.07) is 15.1. The molecule has 2 heterocycles. The van der Waals surface area contributed by atoms with E-state index in [2.05, 4.69) is 71.1 Å². The van der Waals surface area contributed by atoms with Crippen molar-refractivity contribution in [3.8, 4) is 0 Å². The Morgan fingerprint density at radius 1 is 0.905 bits per heavy atom. The first kappa shape index (κ1) is 14.1. The highest BCUT2D eigenvalue weighted by atomic mass is 15.3. The van der Waals surface area contributed by atoms with E-state index in [1.165, 1.54) is 11.3 Å². The zero-order valence-electron chi connectivity index (χ0n) is 12.9. The molecule has 2 aromatic rings. The molecule has 0 aliphatic carbocycles. The number of pyridine rings is 1. The second-order valence-electron chi connectivity index (χ2n) is 5.81. The van der Waals surface area contributed by atoms with Crippen LogP contribution in [0.3, 0.4) is 0 Å². The molecule has 1 aliphatic rings. The minimum Gasteiger partial charge on any atom is -0.368 e. The van der Waals surface area contributed by atoms with Gasteiger partial charge in [0, 0.05) is 38.4 Å². The summed E-state index contributed by atoms with van der Waals surface area (Å²) >= 11 is 0. The number of hydrogen-bond donors (Lipinski definition) is 0. The maximum Gasteiger partial charge on any atom is 0.0608 e. The van der Waals surface area contributed by atoms with Crippen LogP contribution in [0.4, 0.5) is 5.69 Å². The average Bonchev–Trinajstić information content (AvgIpc) is 2.49. The molecule has 110 valence electrons. The summed E-state index contributed by atoms with van der Waals surface area (Å²) in [4.78, 5) is 9.57. The largest absolute Gasteiger partial charge is 0.368 e. The first-order chi connectivity index (χ1) is 10.2. The molecule has 0 unspecified atom stereocenters. The number of piperazine rings is 1.